The number of pyridine rings is 1. The molecule has 1 saturated heterocycles. The van der Waals surface area contributed by atoms with E-state index in [0.717, 1.165) is 30.4 Å². The highest BCUT2D eigenvalue weighted by atomic mass is 16.1. The highest BCUT2D eigenvalue weighted by Gasteiger charge is 2.11. The van der Waals surface area contributed by atoms with Crippen LogP contribution in [0.15, 0.2) is 36.5 Å². The van der Waals surface area contributed by atoms with Gasteiger partial charge in [0.2, 0.25) is 0 Å². The van der Waals surface area contributed by atoms with Crippen molar-refractivity contribution < 1.29 is 4.79 Å². The summed E-state index contributed by atoms with van der Waals surface area (Å²) in [5.41, 5.74) is 1.58. The molecule has 2 aromatic rings. The third-order valence-electron chi connectivity index (χ3n) is 4.28. The van der Waals surface area contributed by atoms with Gasteiger partial charge >= 0.3 is 0 Å². The number of benzene rings is 1. The molecule has 4 nitrogen and oxygen atoms in total. The Morgan fingerprint density at radius 3 is 2.82 bits per heavy atom. The maximum Gasteiger partial charge on any atom is 0.252 e. The van der Waals surface area contributed by atoms with Crippen LogP contribution in [-0.2, 0) is 0 Å². The van der Waals surface area contributed by atoms with E-state index in [0.29, 0.717) is 5.56 Å². The maximum atomic E-state index is 12.4. The number of piperidine rings is 1. The lowest BCUT2D eigenvalue weighted by Gasteiger charge is -2.26. The number of aromatic nitrogens is 1. The van der Waals surface area contributed by atoms with Crippen LogP contribution in [0, 0.1) is 0 Å². The first-order valence-corrected chi connectivity index (χ1v) is 8.19. The second-order valence-electron chi connectivity index (χ2n) is 5.89. The van der Waals surface area contributed by atoms with Crippen LogP contribution in [-0.4, -0.2) is 42.0 Å². The number of fused-ring (bicyclic) bond motifs is 1. The van der Waals surface area contributed by atoms with E-state index < -0.39 is 0 Å². The molecule has 116 valence electrons. The molecule has 0 radical (unpaired) electrons. The lowest BCUT2D eigenvalue weighted by atomic mass is 10.1. The van der Waals surface area contributed by atoms with E-state index in [1.165, 1.54) is 32.4 Å². The number of hydrogen-bond acceptors (Lipinski definition) is 3. The van der Waals surface area contributed by atoms with Crippen LogP contribution in [0.3, 0.4) is 0 Å². The molecular weight excluding hydrogens is 274 g/mol. The van der Waals surface area contributed by atoms with Crippen molar-refractivity contribution in [3.05, 3.63) is 42.1 Å². The summed E-state index contributed by atoms with van der Waals surface area (Å²) < 4.78 is 0. The van der Waals surface area contributed by atoms with Gasteiger partial charge in [0.1, 0.15) is 0 Å². The van der Waals surface area contributed by atoms with Gasteiger partial charge in [0, 0.05) is 18.1 Å². The number of hydrogen-bond donors (Lipinski definition) is 1. The van der Waals surface area contributed by atoms with Gasteiger partial charge in [-0.25, -0.2) is 0 Å². The van der Waals surface area contributed by atoms with Crippen molar-refractivity contribution in [3.8, 4) is 0 Å². The highest BCUT2D eigenvalue weighted by molar-refractivity contribution is 6.05. The number of likely N-dealkylation sites (tertiary alicyclic amines) is 1. The molecule has 3 rings (SSSR count). The van der Waals surface area contributed by atoms with Gasteiger partial charge < -0.3 is 10.2 Å². The molecule has 0 aliphatic carbocycles. The number of nitrogens with one attached hydrogen (secondary N) is 1. The smallest absolute Gasteiger partial charge is 0.252 e. The molecule has 2 heterocycles. The van der Waals surface area contributed by atoms with Crippen LogP contribution < -0.4 is 5.32 Å². The molecule has 0 atom stereocenters. The Labute approximate surface area is 131 Å². The molecule has 1 aliphatic heterocycles. The number of amides is 1. The summed E-state index contributed by atoms with van der Waals surface area (Å²) in [6, 6.07) is 9.56. The molecule has 0 spiro atoms. The minimum atomic E-state index is -0.00255. The Kier molecular flexibility index (Phi) is 5.01. The van der Waals surface area contributed by atoms with E-state index in [1.807, 2.05) is 24.3 Å². The number of carbonyl (C=O) groups is 1. The monoisotopic (exact) mass is 297 g/mol. The molecule has 22 heavy (non-hydrogen) atoms. The van der Waals surface area contributed by atoms with Gasteiger partial charge in [-0.05, 0) is 51.0 Å². The number of rotatable bonds is 5. The minimum absolute atomic E-state index is 0.00255. The van der Waals surface area contributed by atoms with Gasteiger partial charge in [0.15, 0.2) is 0 Å². The first-order chi connectivity index (χ1) is 10.8. The van der Waals surface area contributed by atoms with E-state index in [9.17, 15) is 4.79 Å². The average molecular weight is 297 g/mol. The second-order valence-corrected chi connectivity index (χ2v) is 5.89. The molecule has 0 saturated carbocycles. The maximum absolute atomic E-state index is 12.4. The standard InChI is InChI=1S/C18H23N3O/c22-18(20-10-6-14-21-12-4-1-5-13-21)16-9-11-19-17-8-3-2-7-15(16)17/h2-3,7-9,11H,1,4-6,10,12-14H2,(H,20,22). The lowest BCUT2D eigenvalue weighted by Crippen LogP contribution is -2.33. The molecular formula is C18H23N3O. The Hall–Kier alpha value is -1.94. The first kappa shape index (κ1) is 15.0. The molecule has 1 aromatic heterocycles. The van der Waals surface area contributed by atoms with Crippen LogP contribution in [0.2, 0.25) is 0 Å². The molecule has 1 aromatic carbocycles. The number of carbonyl (C=O) groups excluding carboxylic acids is 1. The van der Waals surface area contributed by atoms with Gasteiger partial charge in [-0.1, -0.05) is 24.6 Å². The minimum Gasteiger partial charge on any atom is -0.352 e. The molecule has 4 heteroatoms. The molecule has 1 N–H and O–H groups in total. The fourth-order valence-electron chi connectivity index (χ4n) is 3.08. The van der Waals surface area contributed by atoms with E-state index in [4.69, 9.17) is 0 Å². The molecule has 1 fully saturated rings. The van der Waals surface area contributed by atoms with Crippen molar-refractivity contribution in [2.45, 2.75) is 25.7 Å². The fraction of sp³-hybridized carbons (Fsp3) is 0.444. The van der Waals surface area contributed by atoms with Crippen LogP contribution in [0.5, 0.6) is 0 Å². The Bertz CT molecular complexity index is 630. The summed E-state index contributed by atoms with van der Waals surface area (Å²) in [5.74, 6) is -0.00255. The Morgan fingerprint density at radius 2 is 1.95 bits per heavy atom. The van der Waals surface area contributed by atoms with Crippen molar-refractivity contribution in [3.63, 3.8) is 0 Å². The predicted octanol–water partition coefficient (Wildman–Crippen LogP) is 2.84. The van der Waals surface area contributed by atoms with Crippen LogP contribution in [0.25, 0.3) is 10.9 Å². The zero-order valence-electron chi connectivity index (χ0n) is 12.9. The zero-order chi connectivity index (χ0) is 15.2. The van der Waals surface area contributed by atoms with Crippen molar-refractivity contribution in [1.29, 1.82) is 0 Å². The quantitative estimate of drug-likeness (QED) is 0.863. The van der Waals surface area contributed by atoms with Crippen molar-refractivity contribution in [1.82, 2.24) is 15.2 Å². The summed E-state index contributed by atoms with van der Waals surface area (Å²) in [6.45, 7) is 4.23. The SMILES string of the molecule is O=C(NCCCN1CCCCC1)c1ccnc2ccccc12. The summed E-state index contributed by atoms with van der Waals surface area (Å²) >= 11 is 0. The summed E-state index contributed by atoms with van der Waals surface area (Å²) in [6.07, 6.45) is 6.70. The van der Waals surface area contributed by atoms with Gasteiger partial charge in [-0.2, -0.15) is 0 Å². The Balaban J connectivity index is 1.53. The second kappa shape index (κ2) is 7.36. The highest BCUT2D eigenvalue weighted by Crippen LogP contribution is 2.16. The first-order valence-electron chi connectivity index (χ1n) is 8.19. The third kappa shape index (κ3) is 3.63. The molecule has 0 unspecified atom stereocenters. The van der Waals surface area contributed by atoms with Crippen molar-refractivity contribution in [2.24, 2.45) is 0 Å². The summed E-state index contributed by atoms with van der Waals surface area (Å²) in [5, 5.41) is 3.95. The average Bonchev–Trinajstić information content (AvgIpc) is 2.59. The Morgan fingerprint density at radius 1 is 1.14 bits per heavy atom. The molecule has 1 amide bonds. The van der Waals surface area contributed by atoms with E-state index in [-0.39, 0.29) is 5.91 Å². The van der Waals surface area contributed by atoms with E-state index in [1.54, 1.807) is 12.3 Å². The fourth-order valence-corrected chi connectivity index (χ4v) is 3.08. The molecule has 0 bridgehead atoms. The zero-order valence-corrected chi connectivity index (χ0v) is 12.9. The van der Waals surface area contributed by atoms with Crippen LogP contribution in [0.4, 0.5) is 0 Å². The van der Waals surface area contributed by atoms with E-state index >= 15 is 0 Å². The van der Waals surface area contributed by atoms with Crippen molar-refractivity contribution in [2.75, 3.05) is 26.2 Å². The normalized spacial score (nSPS) is 15.8. The lowest BCUT2D eigenvalue weighted by molar-refractivity contribution is 0.0952. The topological polar surface area (TPSA) is 45.2 Å². The van der Waals surface area contributed by atoms with Gasteiger partial charge in [-0.15, -0.1) is 0 Å². The van der Waals surface area contributed by atoms with Gasteiger partial charge in [0.25, 0.3) is 5.91 Å². The summed E-state index contributed by atoms with van der Waals surface area (Å²) in [7, 11) is 0. The van der Waals surface area contributed by atoms with Gasteiger partial charge in [0.05, 0.1) is 11.1 Å². The number of para-hydroxylation sites is 1. The van der Waals surface area contributed by atoms with Crippen molar-refractivity contribution >= 4 is 16.8 Å². The largest absolute Gasteiger partial charge is 0.352 e. The van der Waals surface area contributed by atoms with E-state index in [2.05, 4.69) is 15.2 Å². The molecule has 1 aliphatic rings. The van der Waals surface area contributed by atoms with Crippen LogP contribution >= 0.6 is 0 Å². The summed E-state index contributed by atoms with van der Waals surface area (Å²) in [4.78, 5) is 19.1. The number of nitrogens with zero attached hydrogens (tertiary/aromatic N) is 2. The third-order valence-corrected chi connectivity index (χ3v) is 4.28. The predicted molar refractivity (Wildman–Crippen MR) is 89.0 cm³/mol. The van der Waals surface area contributed by atoms with Gasteiger partial charge in [-0.3, -0.25) is 9.78 Å². The van der Waals surface area contributed by atoms with Crippen LogP contribution in [0.1, 0.15) is 36.0 Å².